The van der Waals surface area contributed by atoms with Gasteiger partial charge < -0.3 is 4.74 Å². The van der Waals surface area contributed by atoms with Crippen LogP contribution in [0.15, 0.2) is 21.8 Å². The highest BCUT2D eigenvalue weighted by molar-refractivity contribution is 9.10. The molecule has 0 saturated heterocycles. The van der Waals surface area contributed by atoms with Crippen molar-refractivity contribution in [1.29, 1.82) is 0 Å². The van der Waals surface area contributed by atoms with Crippen LogP contribution in [-0.4, -0.2) is 22.6 Å². The van der Waals surface area contributed by atoms with Crippen LogP contribution in [0.4, 0.5) is 0 Å². The molecule has 0 atom stereocenters. The topological polar surface area (TPSA) is 61.2 Å². The van der Waals surface area contributed by atoms with Crippen LogP contribution in [0.2, 0.25) is 0 Å². The second-order valence-electron chi connectivity index (χ2n) is 4.05. The fourth-order valence-corrected chi connectivity index (χ4v) is 1.65. The van der Waals surface area contributed by atoms with E-state index in [-0.39, 0.29) is 18.1 Å². The Bertz CT molecular complexity index is 454. The lowest BCUT2D eigenvalue weighted by Crippen LogP contribution is -2.35. The summed E-state index contributed by atoms with van der Waals surface area (Å²) < 4.78 is 6.42. The van der Waals surface area contributed by atoms with E-state index in [1.807, 2.05) is 0 Å². The number of methoxy groups -OCH3 is 1. The van der Waals surface area contributed by atoms with Crippen molar-refractivity contribution >= 4 is 21.9 Å². The van der Waals surface area contributed by atoms with Gasteiger partial charge in [-0.1, -0.05) is 0 Å². The van der Waals surface area contributed by atoms with Crippen LogP contribution in [-0.2, 0) is 16.1 Å². The molecule has 0 aromatic carbocycles. The van der Waals surface area contributed by atoms with Gasteiger partial charge in [-0.2, -0.15) is 0 Å². The lowest BCUT2D eigenvalue weighted by atomic mass is 9.94. The van der Waals surface area contributed by atoms with Gasteiger partial charge in [0.25, 0.3) is 5.56 Å². The molecule has 16 heavy (non-hydrogen) atoms. The highest BCUT2D eigenvalue weighted by atomic mass is 79.9. The molecule has 5 nitrogen and oxygen atoms in total. The number of rotatable bonds is 3. The molecule has 1 rings (SSSR count). The smallest absolute Gasteiger partial charge is 0.313 e. The Morgan fingerprint density at radius 2 is 2.25 bits per heavy atom. The van der Waals surface area contributed by atoms with Crippen molar-refractivity contribution in [2.24, 2.45) is 5.41 Å². The normalized spacial score (nSPS) is 11.2. The van der Waals surface area contributed by atoms with Gasteiger partial charge in [0.05, 0.1) is 18.9 Å². The predicted octanol–water partition coefficient (Wildman–Crippen LogP) is 1.21. The molecule has 0 aliphatic heterocycles. The van der Waals surface area contributed by atoms with Crippen molar-refractivity contribution in [3.63, 3.8) is 0 Å². The highest BCUT2D eigenvalue weighted by Gasteiger charge is 2.29. The van der Waals surface area contributed by atoms with Crippen LogP contribution in [0.1, 0.15) is 13.8 Å². The van der Waals surface area contributed by atoms with Crippen molar-refractivity contribution in [3.05, 3.63) is 27.4 Å². The summed E-state index contributed by atoms with van der Waals surface area (Å²) in [5.74, 6) is -0.362. The summed E-state index contributed by atoms with van der Waals surface area (Å²) >= 11 is 3.10. The van der Waals surface area contributed by atoms with Crippen molar-refractivity contribution in [2.75, 3.05) is 7.11 Å². The molecule has 0 N–H and O–H groups in total. The second kappa shape index (κ2) is 4.78. The van der Waals surface area contributed by atoms with Crippen LogP contribution in [0.25, 0.3) is 0 Å². The molecule has 0 fully saturated rings. The number of aromatic nitrogens is 2. The Kier molecular flexibility index (Phi) is 3.85. The molecule has 0 aliphatic carbocycles. The molecule has 0 amide bonds. The minimum absolute atomic E-state index is 0.216. The van der Waals surface area contributed by atoms with E-state index in [0.717, 1.165) is 0 Å². The molecule has 1 aromatic heterocycles. The number of nitrogens with zero attached hydrogens (tertiary/aromatic N) is 2. The quantitative estimate of drug-likeness (QED) is 0.785. The van der Waals surface area contributed by atoms with Crippen molar-refractivity contribution in [3.8, 4) is 0 Å². The summed E-state index contributed by atoms with van der Waals surface area (Å²) in [4.78, 5) is 27.0. The predicted molar refractivity (Wildman–Crippen MR) is 62.0 cm³/mol. The molecule has 1 heterocycles. The monoisotopic (exact) mass is 288 g/mol. The first-order valence-corrected chi connectivity index (χ1v) is 5.46. The second-order valence-corrected chi connectivity index (χ2v) is 4.90. The van der Waals surface area contributed by atoms with Gasteiger partial charge in [-0.3, -0.25) is 14.2 Å². The number of esters is 1. The van der Waals surface area contributed by atoms with Crippen molar-refractivity contribution in [1.82, 2.24) is 9.55 Å². The van der Waals surface area contributed by atoms with E-state index in [9.17, 15) is 9.59 Å². The van der Waals surface area contributed by atoms with Gasteiger partial charge in [-0.25, -0.2) is 4.98 Å². The fourth-order valence-electron chi connectivity index (χ4n) is 1.30. The summed E-state index contributed by atoms with van der Waals surface area (Å²) in [5, 5.41) is 0. The Morgan fingerprint density at radius 1 is 1.62 bits per heavy atom. The molecule has 0 bridgehead atoms. The number of carbonyl (C=O) groups is 1. The average Bonchev–Trinajstić information content (AvgIpc) is 2.23. The lowest BCUT2D eigenvalue weighted by molar-refractivity contribution is -0.151. The molecule has 1 aromatic rings. The van der Waals surface area contributed by atoms with Crippen molar-refractivity contribution in [2.45, 2.75) is 20.4 Å². The Hall–Kier alpha value is -1.17. The minimum Gasteiger partial charge on any atom is -0.469 e. The first-order chi connectivity index (χ1) is 7.38. The number of hydrogen-bond donors (Lipinski definition) is 0. The maximum Gasteiger partial charge on any atom is 0.313 e. The number of hydrogen-bond acceptors (Lipinski definition) is 4. The zero-order chi connectivity index (χ0) is 12.3. The molecule has 0 radical (unpaired) electrons. The maximum absolute atomic E-state index is 11.7. The van der Waals surface area contributed by atoms with E-state index < -0.39 is 5.41 Å². The summed E-state index contributed by atoms with van der Waals surface area (Å²) in [7, 11) is 1.33. The number of ether oxygens (including phenoxy) is 1. The first-order valence-electron chi connectivity index (χ1n) is 4.67. The van der Waals surface area contributed by atoms with Gasteiger partial charge in [0.2, 0.25) is 0 Å². The van der Waals surface area contributed by atoms with E-state index >= 15 is 0 Å². The third-order valence-electron chi connectivity index (χ3n) is 2.16. The molecule has 0 unspecified atom stereocenters. The molecule has 0 saturated carbocycles. The van der Waals surface area contributed by atoms with Crippen LogP contribution in [0, 0.1) is 5.41 Å². The molecular formula is C10H13BrN2O3. The molecule has 88 valence electrons. The van der Waals surface area contributed by atoms with Crippen LogP contribution >= 0.6 is 15.9 Å². The number of halogens is 1. The van der Waals surface area contributed by atoms with Crippen LogP contribution < -0.4 is 5.56 Å². The Balaban J connectivity index is 3.01. The molecular weight excluding hydrogens is 276 g/mol. The maximum atomic E-state index is 11.7. The van der Waals surface area contributed by atoms with Crippen LogP contribution in [0.3, 0.4) is 0 Å². The van der Waals surface area contributed by atoms with Gasteiger partial charge in [0, 0.05) is 12.7 Å². The van der Waals surface area contributed by atoms with Gasteiger partial charge in [0.15, 0.2) is 0 Å². The Morgan fingerprint density at radius 3 is 2.81 bits per heavy atom. The molecule has 0 spiro atoms. The molecule has 6 heteroatoms. The van der Waals surface area contributed by atoms with Gasteiger partial charge >= 0.3 is 5.97 Å². The Labute approximate surface area is 102 Å². The minimum atomic E-state index is -0.763. The SMILES string of the molecule is COC(=O)C(C)(C)Cn1cncc(Br)c1=O. The van der Waals surface area contributed by atoms with Crippen LogP contribution in [0.5, 0.6) is 0 Å². The highest BCUT2D eigenvalue weighted by Crippen LogP contribution is 2.19. The third-order valence-corrected chi connectivity index (χ3v) is 2.71. The van der Waals surface area contributed by atoms with E-state index in [1.54, 1.807) is 13.8 Å². The zero-order valence-corrected chi connectivity index (χ0v) is 10.9. The standard InChI is InChI=1S/C10H13BrN2O3/c1-10(2,9(15)16-3)5-13-6-12-4-7(11)8(13)14/h4,6H,5H2,1-3H3. The fraction of sp³-hybridized carbons (Fsp3) is 0.500. The van der Waals surface area contributed by atoms with Gasteiger partial charge in [-0.15, -0.1) is 0 Å². The van der Waals surface area contributed by atoms with E-state index in [0.29, 0.717) is 4.47 Å². The number of carbonyl (C=O) groups excluding carboxylic acids is 1. The largest absolute Gasteiger partial charge is 0.469 e. The van der Waals surface area contributed by atoms with E-state index in [4.69, 9.17) is 0 Å². The molecule has 0 aliphatic rings. The summed E-state index contributed by atoms with van der Waals surface area (Å²) in [6.07, 6.45) is 2.82. The average molecular weight is 289 g/mol. The first kappa shape index (κ1) is 12.9. The van der Waals surface area contributed by atoms with Gasteiger partial charge in [0.1, 0.15) is 4.47 Å². The van der Waals surface area contributed by atoms with Gasteiger partial charge in [-0.05, 0) is 29.8 Å². The summed E-state index contributed by atoms with van der Waals surface area (Å²) in [6.45, 7) is 3.66. The zero-order valence-electron chi connectivity index (χ0n) is 9.36. The van der Waals surface area contributed by atoms with E-state index in [1.165, 1.54) is 24.2 Å². The summed E-state index contributed by atoms with van der Waals surface area (Å²) in [6, 6.07) is 0. The van der Waals surface area contributed by atoms with Crippen molar-refractivity contribution < 1.29 is 9.53 Å². The third kappa shape index (κ3) is 2.69. The summed E-state index contributed by atoms with van der Waals surface area (Å²) in [5.41, 5.74) is -0.979. The lowest BCUT2D eigenvalue weighted by Gasteiger charge is -2.22. The van der Waals surface area contributed by atoms with E-state index in [2.05, 4.69) is 25.7 Å².